The zero-order valence-corrected chi connectivity index (χ0v) is 12.7. The summed E-state index contributed by atoms with van der Waals surface area (Å²) in [5.41, 5.74) is 0.638. The molecule has 101 valence electrons. The fourth-order valence-electron chi connectivity index (χ4n) is 1.75. The van der Waals surface area contributed by atoms with Gasteiger partial charge in [0.2, 0.25) is 0 Å². The van der Waals surface area contributed by atoms with E-state index in [1.165, 1.54) is 0 Å². The molecule has 2 aromatic carbocycles. The fourth-order valence-corrected chi connectivity index (χ4v) is 3.66. The summed E-state index contributed by atoms with van der Waals surface area (Å²) in [6, 6.07) is 19.9. The number of carbonyl (C=O) groups is 1. The molecule has 0 aliphatic carbocycles. The lowest BCUT2D eigenvalue weighted by molar-refractivity contribution is -0.130. The van der Waals surface area contributed by atoms with Crippen molar-refractivity contribution < 1.29 is 9.22 Å². The molecule has 0 amide bonds. The Bertz CT molecular complexity index is 551. The Hall–Kier alpha value is -2.13. The molecular formula is C17H17O2Si. The summed E-state index contributed by atoms with van der Waals surface area (Å²) in [6.45, 7) is 3.62. The number of carbonyl (C=O) groups excluding carboxylic acids is 1. The van der Waals surface area contributed by atoms with E-state index in [0.29, 0.717) is 5.57 Å². The van der Waals surface area contributed by atoms with E-state index in [4.69, 9.17) is 4.43 Å². The molecule has 2 rings (SSSR count). The van der Waals surface area contributed by atoms with E-state index in [-0.39, 0.29) is 5.97 Å². The first-order chi connectivity index (χ1) is 9.72. The van der Waals surface area contributed by atoms with Crippen LogP contribution < -0.4 is 10.4 Å². The summed E-state index contributed by atoms with van der Waals surface area (Å²) in [7, 11) is -1.54. The van der Waals surface area contributed by atoms with Gasteiger partial charge in [0.25, 0.3) is 0 Å². The lowest BCUT2D eigenvalue weighted by atomic mass is 10.3. The van der Waals surface area contributed by atoms with Crippen LogP contribution >= 0.6 is 0 Å². The number of allylic oxidation sites excluding steroid dienone is 1. The zero-order valence-electron chi connectivity index (χ0n) is 11.7. The lowest BCUT2D eigenvalue weighted by Gasteiger charge is -2.16. The van der Waals surface area contributed by atoms with Crippen LogP contribution in [0.1, 0.15) is 13.8 Å². The topological polar surface area (TPSA) is 26.3 Å². The van der Waals surface area contributed by atoms with Crippen LogP contribution in [-0.2, 0) is 9.22 Å². The number of hydrogen-bond acceptors (Lipinski definition) is 2. The van der Waals surface area contributed by atoms with Crippen molar-refractivity contribution in [1.82, 2.24) is 0 Å². The highest BCUT2D eigenvalue weighted by Crippen LogP contribution is 2.01. The molecule has 0 spiro atoms. The van der Waals surface area contributed by atoms with Crippen molar-refractivity contribution in [2.75, 3.05) is 0 Å². The van der Waals surface area contributed by atoms with Crippen molar-refractivity contribution in [2.45, 2.75) is 13.8 Å². The predicted molar refractivity (Wildman–Crippen MR) is 83.4 cm³/mol. The van der Waals surface area contributed by atoms with Crippen LogP contribution in [0.25, 0.3) is 0 Å². The quantitative estimate of drug-likeness (QED) is 0.635. The molecular weight excluding hydrogens is 264 g/mol. The summed E-state index contributed by atoms with van der Waals surface area (Å²) >= 11 is 0. The molecule has 0 unspecified atom stereocenters. The van der Waals surface area contributed by atoms with Crippen LogP contribution in [0.3, 0.4) is 0 Å². The van der Waals surface area contributed by atoms with E-state index in [0.717, 1.165) is 10.4 Å². The van der Waals surface area contributed by atoms with Crippen LogP contribution in [-0.4, -0.2) is 15.0 Å². The minimum absolute atomic E-state index is 0.242. The van der Waals surface area contributed by atoms with Crippen LogP contribution in [0, 0.1) is 0 Å². The van der Waals surface area contributed by atoms with Crippen LogP contribution in [0.4, 0.5) is 0 Å². The second-order valence-electron chi connectivity index (χ2n) is 4.42. The van der Waals surface area contributed by atoms with Gasteiger partial charge in [0.1, 0.15) is 0 Å². The fraction of sp³-hybridized carbons (Fsp3) is 0.118. The minimum Gasteiger partial charge on any atom is -0.505 e. The van der Waals surface area contributed by atoms with E-state index >= 15 is 0 Å². The van der Waals surface area contributed by atoms with Gasteiger partial charge >= 0.3 is 15.0 Å². The molecule has 3 heteroatoms. The van der Waals surface area contributed by atoms with E-state index in [2.05, 4.69) is 0 Å². The summed E-state index contributed by atoms with van der Waals surface area (Å²) in [4.78, 5) is 12.1. The maximum absolute atomic E-state index is 12.1. The largest absolute Gasteiger partial charge is 0.505 e. The van der Waals surface area contributed by atoms with Gasteiger partial charge in [0.05, 0.1) is 0 Å². The molecule has 1 radical (unpaired) electrons. The average molecular weight is 281 g/mol. The van der Waals surface area contributed by atoms with Crippen molar-refractivity contribution in [1.29, 1.82) is 0 Å². The van der Waals surface area contributed by atoms with Crippen LogP contribution in [0.2, 0.25) is 0 Å². The molecule has 0 aliphatic heterocycles. The highest BCUT2D eigenvalue weighted by atomic mass is 28.3. The van der Waals surface area contributed by atoms with E-state index in [1.54, 1.807) is 13.0 Å². The van der Waals surface area contributed by atoms with Gasteiger partial charge in [-0.25, -0.2) is 4.79 Å². The molecule has 0 fully saturated rings. The molecule has 0 heterocycles. The van der Waals surface area contributed by atoms with Gasteiger partial charge in [-0.15, -0.1) is 0 Å². The van der Waals surface area contributed by atoms with Crippen LogP contribution in [0.5, 0.6) is 0 Å². The Kier molecular flexibility index (Phi) is 4.90. The molecule has 0 saturated carbocycles. The van der Waals surface area contributed by atoms with Crippen molar-refractivity contribution >= 4 is 25.4 Å². The van der Waals surface area contributed by atoms with E-state index in [1.807, 2.05) is 67.6 Å². The minimum atomic E-state index is -1.54. The first kappa shape index (κ1) is 14.3. The Morgan fingerprint density at radius 2 is 1.40 bits per heavy atom. The SMILES string of the molecule is C/C=C(\C)C(=O)O[Si](c1ccccc1)c1ccccc1. The number of rotatable bonds is 4. The molecule has 0 atom stereocenters. The van der Waals surface area contributed by atoms with Gasteiger partial charge in [0.15, 0.2) is 0 Å². The van der Waals surface area contributed by atoms with Gasteiger partial charge in [-0.3, -0.25) is 0 Å². The van der Waals surface area contributed by atoms with Crippen molar-refractivity contribution in [2.24, 2.45) is 0 Å². The molecule has 2 aromatic rings. The highest BCUT2D eigenvalue weighted by molar-refractivity contribution is 6.81. The van der Waals surface area contributed by atoms with Crippen molar-refractivity contribution in [3.63, 3.8) is 0 Å². The van der Waals surface area contributed by atoms with Gasteiger partial charge < -0.3 is 4.43 Å². The van der Waals surface area contributed by atoms with Gasteiger partial charge in [-0.1, -0.05) is 66.7 Å². The normalized spacial score (nSPS) is 11.4. The number of hydrogen-bond donors (Lipinski definition) is 0. The Morgan fingerprint density at radius 1 is 0.950 bits per heavy atom. The van der Waals surface area contributed by atoms with Crippen molar-refractivity contribution in [3.05, 3.63) is 72.3 Å². The van der Waals surface area contributed by atoms with E-state index < -0.39 is 9.04 Å². The highest BCUT2D eigenvalue weighted by Gasteiger charge is 2.23. The standard InChI is InChI=1S/C17H17O2Si/c1-3-14(2)17(18)19-20(15-10-6-4-7-11-15)16-12-8-5-9-13-16/h3-13H,1-2H3/b14-3+. The maximum atomic E-state index is 12.1. The third kappa shape index (κ3) is 3.45. The van der Waals surface area contributed by atoms with Gasteiger partial charge in [0, 0.05) is 5.57 Å². The molecule has 20 heavy (non-hydrogen) atoms. The average Bonchev–Trinajstić information content (AvgIpc) is 2.53. The molecule has 2 nitrogen and oxygen atoms in total. The Morgan fingerprint density at radius 3 is 1.80 bits per heavy atom. The lowest BCUT2D eigenvalue weighted by Crippen LogP contribution is -2.46. The summed E-state index contributed by atoms with van der Waals surface area (Å²) in [5, 5.41) is 2.14. The number of benzene rings is 2. The smallest absolute Gasteiger partial charge is 0.356 e. The molecule has 0 aliphatic rings. The Labute approximate surface area is 121 Å². The second kappa shape index (κ2) is 6.87. The first-order valence-corrected chi connectivity index (χ1v) is 7.96. The maximum Gasteiger partial charge on any atom is 0.356 e. The molecule has 0 aromatic heterocycles. The zero-order chi connectivity index (χ0) is 14.4. The third-order valence-electron chi connectivity index (χ3n) is 3.02. The molecule has 0 bridgehead atoms. The first-order valence-electron chi connectivity index (χ1n) is 6.55. The van der Waals surface area contributed by atoms with E-state index in [9.17, 15) is 4.79 Å². The summed E-state index contributed by atoms with van der Waals surface area (Å²) in [6.07, 6.45) is 1.78. The monoisotopic (exact) mass is 281 g/mol. The van der Waals surface area contributed by atoms with Gasteiger partial charge in [-0.05, 0) is 24.2 Å². The molecule has 0 N–H and O–H groups in total. The predicted octanol–water partition coefficient (Wildman–Crippen LogP) is 2.30. The van der Waals surface area contributed by atoms with Crippen molar-refractivity contribution in [3.8, 4) is 0 Å². The van der Waals surface area contributed by atoms with Crippen LogP contribution in [0.15, 0.2) is 72.3 Å². The summed E-state index contributed by atoms with van der Waals surface area (Å²) < 4.78 is 5.77. The molecule has 0 saturated heterocycles. The third-order valence-corrected chi connectivity index (χ3v) is 5.13. The Balaban J connectivity index is 2.33. The summed E-state index contributed by atoms with van der Waals surface area (Å²) in [5.74, 6) is -0.242. The van der Waals surface area contributed by atoms with Gasteiger partial charge in [-0.2, -0.15) is 0 Å². The second-order valence-corrected chi connectivity index (χ2v) is 6.44.